The molecule has 0 spiro atoms. The average molecular weight is 330 g/mol. The number of H-pyrrole nitrogens is 1. The lowest BCUT2D eigenvalue weighted by atomic mass is 10.1. The van der Waals surface area contributed by atoms with Crippen molar-refractivity contribution in [1.82, 2.24) is 9.97 Å². The summed E-state index contributed by atoms with van der Waals surface area (Å²) >= 11 is 1.63. The van der Waals surface area contributed by atoms with Crippen LogP contribution < -0.4 is 5.32 Å². The number of thiophene rings is 1. The molecular formula is C19H14N4S. The highest BCUT2D eigenvalue weighted by Gasteiger charge is 2.14. The molecule has 0 aliphatic heterocycles. The minimum absolute atomic E-state index is 0.537. The lowest BCUT2D eigenvalue weighted by Gasteiger charge is -2.15. The molecule has 4 nitrogen and oxygen atoms in total. The number of rotatable bonds is 3. The Balaban J connectivity index is 1.87. The first-order valence-electron chi connectivity index (χ1n) is 7.53. The molecular weight excluding hydrogens is 316 g/mol. The van der Waals surface area contributed by atoms with E-state index in [0.29, 0.717) is 5.56 Å². The van der Waals surface area contributed by atoms with Crippen molar-refractivity contribution >= 4 is 33.6 Å². The number of aromatic nitrogens is 2. The van der Waals surface area contributed by atoms with Crippen LogP contribution >= 0.6 is 11.3 Å². The third kappa shape index (κ3) is 2.34. The van der Waals surface area contributed by atoms with Crippen LogP contribution in [0.4, 0.5) is 11.4 Å². The van der Waals surface area contributed by atoms with Crippen LogP contribution in [0, 0.1) is 18.3 Å². The second-order valence-corrected chi connectivity index (χ2v) is 6.45. The average Bonchev–Trinajstić information content (AvgIpc) is 3.29. The molecule has 1 aromatic carbocycles. The zero-order valence-corrected chi connectivity index (χ0v) is 13.8. The van der Waals surface area contributed by atoms with Crippen LogP contribution in [0.1, 0.15) is 11.1 Å². The van der Waals surface area contributed by atoms with E-state index in [1.807, 2.05) is 35.8 Å². The van der Waals surface area contributed by atoms with Gasteiger partial charge in [-0.2, -0.15) is 5.26 Å². The summed E-state index contributed by atoms with van der Waals surface area (Å²) in [5.41, 5.74) is 5.51. The second kappa shape index (κ2) is 5.84. The van der Waals surface area contributed by atoms with E-state index in [1.165, 1.54) is 5.39 Å². The quantitative estimate of drug-likeness (QED) is 0.541. The largest absolute Gasteiger partial charge is 0.361 e. The fourth-order valence-electron chi connectivity index (χ4n) is 2.85. The lowest BCUT2D eigenvalue weighted by Crippen LogP contribution is -1.99. The number of benzene rings is 1. The summed E-state index contributed by atoms with van der Waals surface area (Å²) in [5.74, 6) is 0. The Morgan fingerprint density at radius 1 is 1.21 bits per heavy atom. The minimum atomic E-state index is 0.537. The zero-order chi connectivity index (χ0) is 16.5. The minimum Gasteiger partial charge on any atom is -0.361 e. The maximum absolute atomic E-state index is 9.49. The molecule has 5 heteroatoms. The summed E-state index contributed by atoms with van der Waals surface area (Å²) in [7, 11) is 0. The Labute approximate surface area is 143 Å². The van der Waals surface area contributed by atoms with Crippen LogP contribution in [0.3, 0.4) is 0 Å². The molecule has 4 aromatic rings. The Morgan fingerprint density at radius 3 is 2.92 bits per heavy atom. The fourth-order valence-corrected chi connectivity index (χ4v) is 3.60. The molecule has 0 saturated carbocycles. The fraction of sp³-hybridized carbons (Fsp3) is 0.0526. The molecule has 3 heterocycles. The molecule has 0 fully saturated rings. The molecule has 4 rings (SSSR count). The van der Waals surface area contributed by atoms with Crippen molar-refractivity contribution in [3.63, 3.8) is 0 Å². The summed E-state index contributed by atoms with van der Waals surface area (Å²) < 4.78 is 0. The van der Waals surface area contributed by atoms with Gasteiger partial charge in [-0.15, -0.1) is 11.3 Å². The first-order valence-corrected chi connectivity index (χ1v) is 8.41. The van der Waals surface area contributed by atoms with Gasteiger partial charge in [-0.25, -0.2) is 0 Å². The first kappa shape index (κ1) is 14.5. The van der Waals surface area contributed by atoms with Crippen molar-refractivity contribution < 1.29 is 0 Å². The zero-order valence-electron chi connectivity index (χ0n) is 13.0. The van der Waals surface area contributed by atoms with E-state index in [-0.39, 0.29) is 0 Å². The molecule has 0 bridgehead atoms. The van der Waals surface area contributed by atoms with Crippen LogP contribution in [-0.2, 0) is 0 Å². The summed E-state index contributed by atoms with van der Waals surface area (Å²) in [6.45, 7) is 2.08. The van der Waals surface area contributed by atoms with E-state index in [0.717, 1.165) is 32.9 Å². The number of aromatic amines is 1. The number of hydrogen-bond donors (Lipinski definition) is 2. The summed E-state index contributed by atoms with van der Waals surface area (Å²) in [4.78, 5) is 8.52. The number of nitrogens with zero attached hydrogens (tertiary/aromatic N) is 2. The summed E-state index contributed by atoms with van der Waals surface area (Å²) in [6, 6.07) is 12.4. The van der Waals surface area contributed by atoms with Crippen molar-refractivity contribution in [2.45, 2.75) is 6.92 Å². The number of anilines is 2. The van der Waals surface area contributed by atoms with Crippen molar-refractivity contribution in [2.24, 2.45) is 0 Å². The molecule has 24 heavy (non-hydrogen) atoms. The van der Waals surface area contributed by atoms with Gasteiger partial charge in [0, 0.05) is 45.6 Å². The van der Waals surface area contributed by atoms with Crippen LogP contribution in [0.25, 0.3) is 21.3 Å². The van der Waals surface area contributed by atoms with Crippen LogP contribution in [-0.4, -0.2) is 9.97 Å². The molecule has 3 aromatic heterocycles. The van der Waals surface area contributed by atoms with Crippen LogP contribution in [0.2, 0.25) is 0 Å². The Kier molecular flexibility index (Phi) is 3.52. The molecule has 0 unspecified atom stereocenters. The number of aryl methyl sites for hydroxylation is 1. The molecule has 0 aliphatic rings. The number of hydrogen-bond acceptors (Lipinski definition) is 4. The lowest BCUT2D eigenvalue weighted by molar-refractivity contribution is 1.30. The van der Waals surface area contributed by atoms with E-state index in [2.05, 4.69) is 34.3 Å². The maximum atomic E-state index is 9.49. The predicted molar refractivity (Wildman–Crippen MR) is 98.6 cm³/mol. The van der Waals surface area contributed by atoms with Gasteiger partial charge in [0.05, 0.1) is 11.3 Å². The first-order chi connectivity index (χ1) is 11.8. The highest BCUT2D eigenvalue weighted by Crippen LogP contribution is 2.36. The molecule has 2 N–H and O–H groups in total. The maximum Gasteiger partial charge on any atom is 0.103 e. The highest BCUT2D eigenvalue weighted by molar-refractivity contribution is 7.13. The van der Waals surface area contributed by atoms with Gasteiger partial charge in [-0.05, 0) is 42.1 Å². The highest BCUT2D eigenvalue weighted by atomic mass is 32.1. The summed E-state index contributed by atoms with van der Waals surface area (Å²) in [5, 5.41) is 16.2. The predicted octanol–water partition coefficient (Wildman–Crippen LogP) is 5.22. The number of fused-ring (bicyclic) bond motifs is 1. The topological polar surface area (TPSA) is 64.5 Å². The van der Waals surface area contributed by atoms with Gasteiger partial charge >= 0.3 is 0 Å². The van der Waals surface area contributed by atoms with E-state index in [9.17, 15) is 5.26 Å². The normalized spacial score (nSPS) is 10.7. The van der Waals surface area contributed by atoms with E-state index in [1.54, 1.807) is 23.7 Å². The van der Waals surface area contributed by atoms with Crippen molar-refractivity contribution in [2.75, 3.05) is 5.32 Å². The molecule has 0 atom stereocenters. The van der Waals surface area contributed by atoms with Gasteiger partial charge in [0.25, 0.3) is 0 Å². The molecule has 0 aliphatic carbocycles. The Morgan fingerprint density at radius 2 is 2.12 bits per heavy atom. The van der Waals surface area contributed by atoms with Gasteiger partial charge in [0.2, 0.25) is 0 Å². The number of nitrogens with one attached hydrogen (secondary N) is 2. The van der Waals surface area contributed by atoms with Gasteiger partial charge in [0.15, 0.2) is 0 Å². The molecule has 0 amide bonds. The van der Waals surface area contributed by atoms with Crippen molar-refractivity contribution in [3.8, 4) is 16.5 Å². The van der Waals surface area contributed by atoms with Crippen LogP contribution in [0.5, 0.6) is 0 Å². The third-order valence-corrected chi connectivity index (χ3v) is 5.02. The van der Waals surface area contributed by atoms with Gasteiger partial charge in [0.1, 0.15) is 6.07 Å². The second-order valence-electron chi connectivity index (χ2n) is 5.50. The third-order valence-electron chi connectivity index (χ3n) is 4.12. The van der Waals surface area contributed by atoms with Gasteiger partial charge in [-0.1, -0.05) is 6.07 Å². The SMILES string of the molecule is Cc1c(Nc2c(C#N)cncc2-c2cccs2)ccc2[nH]ccc12. The van der Waals surface area contributed by atoms with E-state index in [4.69, 9.17) is 0 Å². The van der Waals surface area contributed by atoms with Gasteiger partial charge < -0.3 is 10.3 Å². The Bertz CT molecular complexity index is 1050. The van der Waals surface area contributed by atoms with E-state index < -0.39 is 0 Å². The standard InChI is InChI=1S/C19H14N4S/c1-12-14-6-7-22-17(14)5-4-16(12)23-19-13(9-20)10-21-11-15(19)18-3-2-8-24-18/h2-8,10-11,22H,1H3,(H,21,23). The molecule has 0 saturated heterocycles. The van der Waals surface area contributed by atoms with Gasteiger partial charge in [-0.3, -0.25) is 4.98 Å². The number of pyridine rings is 1. The molecule has 0 radical (unpaired) electrons. The number of nitriles is 1. The Hall–Kier alpha value is -3.10. The van der Waals surface area contributed by atoms with E-state index >= 15 is 0 Å². The monoisotopic (exact) mass is 330 g/mol. The van der Waals surface area contributed by atoms with Crippen molar-refractivity contribution in [1.29, 1.82) is 5.26 Å². The van der Waals surface area contributed by atoms with Crippen molar-refractivity contribution in [3.05, 3.63) is 65.4 Å². The summed E-state index contributed by atoms with van der Waals surface area (Å²) in [6.07, 6.45) is 5.34. The smallest absolute Gasteiger partial charge is 0.103 e. The van der Waals surface area contributed by atoms with Crippen LogP contribution in [0.15, 0.2) is 54.3 Å². The molecule has 116 valence electrons.